The van der Waals surface area contributed by atoms with E-state index in [9.17, 15) is 0 Å². The third-order valence-corrected chi connectivity index (χ3v) is 3.71. The van der Waals surface area contributed by atoms with Crippen LogP contribution >= 0.6 is 11.6 Å². The van der Waals surface area contributed by atoms with Crippen LogP contribution in [0.15, 0.2) is 29.3 Å². The van der Waals surface area contributed by atoms with Crippen molar-refractivity contribution in [3.05, 3.63) is 34.9 Å². The zero-order chi connectivity index (χ0) is 15.3. The number of unbranched alkanes of at least 4 members (excludes halogenated alkanes) is 5. The maximum atomic E-state index is 6.27. The summed E-state index contributed by atoms with van der Waals surface area (Å²) in [5.74, 6) is 3.16. The van der Waals surface area contributed by atoms with Crippen molar-refractivity contribution in [3.63, 3.8) is 0 Å². The first kappa shape index (κ1) is 17.8. The number of hydrogen-bond acceptors (Lipinski definition) is 1. The van der Waals surface area contributed by atoms with E-state index >= 15 is 0 Å². The van der Waals surface area contributed by atoms with Crippen molar-refractivity contribution >= 4 is 17.3 Å². The largest absolute Gasteiger partial charge is 0.202 e. The molecule has 2 heteroatoms. The van der Waals surface area contributed by atoms with E-state index in [1.165, 1.54) is 25.7 Å². The van der Waals surface area contributed by atoms with Crippen molar-refractivity contribution in [2.45, 2.75) is 65.2 Å². The molecule has 1 aromatic carbocycles. The van der Waals surface area contributed by atoms with Gasteiger partial charge >= 0.3 is 0 Å². The summed E-state index contributed by atoms with van der Waals surface area (Å²) in [5.41, 5.74) is 2.04. The van der Waals surface area contributed by atoms with Crippen LogP contribution in [0.5, 0.6) is 0 Å². The molecule has 0 unspecified atom stereocenters. The van der Waals surface area contributed by atoms with Gasteiger partial charge in [0, 0.05) is 23.1 Å². The average Bonchev–Trinajstić information content (AvgIpc) is 2.50. The van der Waals surface area contributed by atoms with Gasteiger partial charge in [0.2, 0.25) is 0 Å². The standard InChI is InChI=1S/C19H26ClN/c1-3-5-7-8-9-12-16-21-19(15-6-4-2)17-13-10-11-14-18(17)20/h10-11,13-14H,3-9,15H2,1-2H3. The van der Waals surface area contributed by atoms with Gasteiger partial charge in [0.15, 0.2) is 0 Å². The smallest absolute Gasteiger partial charge is 0.0598 e. The molecule has 1 aromatic rings. The van der Waals surface area contributed by atoms with Gasteiger partial charge in [-0.15, -0.1) is 0 Å². The van der Waals surface area contributed by atoms with Crippen LogP contribution in [0.4, 0.5) is 0 Å². The van der Waals surface area contributed by atoms with E-state index < -0.39 is 0 Å². The Balaban J connectivity index is 2.67. The third kappa shape index (κ3) is 7.34. The molecule has 1 rings (SSSR count). The fraction of sp³-hybridized carbons (Fsp3) is 0.526. The van der Waals surface area contributed by atoms with Crippen molar-refractivity contribution in [2.75, 3.05) is 0 Å². The Bertz CT molecular complexity index is 494. The Morgan fingerprint density at radius 1 is 1.05 bits per heavy atom. The van der Waals surface area contributed by atoms with Crippen molar-refractivity contribution in [2.24, 2.45) is 4.99 Å². The van der Waals surface area contributed by atoms with E-state index in [0.29, 0.717) is 0 Å². The highest BCUT2D eigenvalue weighted by molar-refractivity contribution is 6.34. The molecule has 0 fully saturated rings. The predicted octanol–water partition coefficient (Wildman–Crippen LogP) is 6.25. The van der Waals surface area contributed by atoms with Gasteiger partial charge in [-0.1, -0.05) is 75.3 Å². The average molecular weight is 304 g/mol. The van der Waals surface area contributed by atoms with Gasteiger partial charge in [-0.05, 0) is 25.3 Å². The molecule has 0 N–H and O–H groups in total. The number of benzene rings is 1. The fourth-order valence-electron chi connectivity index (χ4n) is 2.09. The van der Waals surface area contributed by atoms with Crippen LogP contribution < -0.4 is 0 Å². The Kier molecular flexibility index (Phi) is 9.66. The highest BCUT2D eigenvalue weighted by atomic mass is 35.5. The SMILES string of the molecule is CCCCCCC#CN=C(CCCC)c1ccccc1Cl. The molecule has 0 saturated heterocycles. The first-order valence-electron chi connectivity index (χ1n) is 8.08. The van der Waals surface area contributed by atoms with Gasteiger partial charge in [0.25, 0.3) is 0 Å². The number of nitrogens with zero attached hydrogens (tertiary/aromatic N) is 1. The molecule has 0 spiro atoms. The lowest BCUT2D eigenvalue weighted by atomic mass is 10.0. The Labute approximate surface area is 134 Å². The van der Waals surface area contributed by atoms with Crippen molar-refractivity contribution in [1.29, 1.82) is 0 Å². The molecule has 0 aliphatic rings. The molecule has 0 amide bonds. The third-order valence-electron chi connectivity index (χ3n) is 3.38. The maximum absolute atomic E-state index is 6.27. The van der Waals surface area contributed by atoms with Crippen LogP contribution in [0.1, 0.15) is 70.8 Å². The first-order chi connectivity index (χ1) is 10.3. The normalized spacial score (nSPS) is 11.1. The zero-order valence-corrected chi connectivity index (χ0v) is 14.0. The lowest BCUT2D eigenvalue weighted by Gasteiger charge is -2.06. The summed E-state index contributed by atoms with van der Waals surface area (Å²) in [5, 5.41) is 0.761. The number of aliphatic imine (C=N–C) groups is 1. The Morgan fingerprint density at radius 2 is 1.81 bits per heavy atom. The number of rotatable bonds is 8. The van der Waals surface area contributed by atoms with Gasteiger partial charge in [-0.25, -0.2) is 4.99 Å². The lowest BCUT2D eigenvalue weighted by Crippen LogP contribution is -2.01. The van der Waals surface area contributed by atoms with E-state index in [4.69, 9.17) is 11.6 Å². The first-order valence-corrected chi connectivity index (χ1v) is 8.46. The van der Waals surface area contributed by atoms with E-state index in [-0.39, 0.29) is 0 Å². The highest BCUT2D eigenvalue weighted by Crippen LogP contribution is 2.18. The maximum Gasteiger partial charge on any atom is 0.0598 e. The van der Waals surface area contributed by atoms with E-state index in [0.717, 1.165) is 42.0 Å². The molecule has 0 aliphatic carbocycles. The van der Waals surface area contributed by atoms with Crippen molar-refractivity contribution < 1.29 is 0 Å². The minimum Gasteiger partial charge on any atom is -0.202 e. The number of hydrogen-bond donors (Lipinski definition) is 0. The predicted molar refractivity (Wildman–Crippen MR) is 94.0 cm³/mol. The van der Waals surface area contributed by atoms with Crippen LogP contribution in [-0.4, -0.2) is 5.71 Å². The minimum atomic E-state index is 0.761. The molecule has 0 saturated carbocycles. The highest BCUT2D eigenvalue weighted by Gasteiger charge is 2.06. The molecule has 0 radical (unpaired) electrons. The van der Waals surface area contributed by atoms with E-state index in [2.05, 4.69) is 30.8 Å². The molecule has 1 nitrogen and oxygen atoms in total. The molecule has 0 bridgehead atoms. The topological polar surface area (TPSA) is 12.4 Å². The molecular weight excluding hydrogens is 278 g/mol. The van der Waals surface area contributed by atoms with E-state index in [1.807, 2.05) is 24.3 Å². The fourth-order valence-corrected chi connectivity index (χ4v) is 2.34. The lowest BCUT2D eigenvalue weighted by molar-refractivity contribution is 0.679. The van der Waals surface area contributed by atoms with Gasteiger partial charge in [-0.3, -0.25) is 0 Å². The van der Waals surface area contributed by atoms with E-state index in [1.54, 1.807) is 0 Å². The van der Waals surface area contributed by atoms with Gasteiger partial charge < -0.3 is 0 Å². The van der Waals surface area contributed by atoms with Crippen LogP contribution in [0.2, 0.25) is 5.02 Å². The molecule has 21 heavy (non-hydrogen) atoms. The number of halogens is 1. The van der Waals surface area contributed by atoms with Crippen molar-refractivity contribution in [3.8, 4) is 12.0 Å². The van der Waals surface area contributed by atoms with Gasteiger partial charge in [-0.2, -0.15) is 0 Å². The molecular formula is C19H26ClN. The van der Waals surface area contributed by atoms with Crippen LogP contribution in [-0.2, 0) is 0 Å². The second kappa shape index (κ2) is 11.4. The van der Waals surface area contributed by atoms with Crippen LogP contribution in [0.3, 0.4) is 0 Å². The summed E-state index contributed by atoms with van der Waals surface area (Å²) in [6.07, 6.45) is 9.13. The summed E-state index contributed by atoms with van der Waals surface area (Å²) >= 11 is 6.27. The zero-order valence-electron chi connectivity index (χ0n) is 13.3. The minimum absolute atomic E-state index is 0.761. The molecule has 0 aromatic heterocycles. The second-order valence-electron chi connectivity index (χ2n) is 5.24. The Hall–Kier alpha value is -1.26. The summed E-state index contributed by atoms with van der Waals surface area (Å²) < 4.78 is 0. The van der Waals surface area contributed by atoms with Crippen LogP contribution in [0, 0.1) is 12.0 Å². The molecule has 114 valence electrons. The molecule has 0 aliphatic heterocycles. The molecule has 0 atom stereocenters. The summed E-state index contributed by atoms with van der Waals surface area (Å²) in [4.78, 5) is 4.48. The summed E-state index contributed by atoms with van der Waals surface area (Å²) in [6.45, 7) is 4.41. The summed E-state index contributed by atoms with van der Waals surface area (Å²) in [6, 6.07) is 10.9. The van der Waals surface area contributed by atoms with Crippen molar-refractivity contribution in [1.82, 2.24) is 0 Å². The Morgan fingerprint density at radius 3 is 2.52 bits per heavy atom. The second-order valence-corrected chi connectivity index (χ2v) is 5.65. The van der Waals surface area contributed by atoms with Gasteiger partial charge in [0.1, 0.15) is 0 Å². The monoisotopic (exact) mass is 303 g/mol. The molecule has 0 heterocycles. The van der Waals surface area contributed by atoms with Gasteiger partial charge in [0.05, 0.1) is 5.71 Å². The summed E-state index contributed by atoms with van der Waals surface area (Å²) in [7, 11) is 0. The van der Waals surface area contributed by atoms with Crippen LogP contribution in [0.25, 0.3) is 0 Å². The quantitative estimate of drug-likeness (QED) is 0.306.